The molecule has 0 heterocycles. The van der Waals surface area contributed by atoms with Crippen LogP contribution in [0.15, 0.2) is 36.4 Å². The Labute approximate surface area is 129 Å². The summed E-state index contributed by atoms with van der Waals surface area (Å²) in [6.07, 6.45) is 0. The summed E-state index contributed by atoms with van der Waals surface area (Å²) in [7, 11) is 0. The third-order valence-electron chi connectivity index (χ3n) is 3.12. The lowest BCUT2D eigenvalue weighted by molar-refractivity contribution is 0.304. The first-order chi connectivity index (χ1) is 9.47. The number of ether oxygens (including phenoxy) is 1. The molecular weight excluding hydrogens is 293 g/mol. The van der Waals surface area contributed by atoms with Crippen molar-refractivity contribution in [3.63, 3.8) is 0 Å². The number of benzene rings is 2. The number of aryl methyl sites for hydroxylation is 1. The number of nitrogens with two attached hydrogens (primary N) is 1. The van der Waals surface area contributed by atoms with Crippen molar-refractivity contribution in [2.75, 3.05) is 0 Å². The number of rotatable bonds is 4. The van der Waals surface area contributed by atoms with Gasteiger partial charge in [0.1, 0.15) is 12.4 Å². The van der Waals surface area contributed by atoms with E-state index in [0.717, 1.165) is 22.4 Å². The molecule has 20 heavy (non-hydrogen) atoms. The minimum atomic E-state index is 0.0217. The Balaban J connectivity index is 2.11. The lowest BCUT2D eigenvalue weighted by atomic mass is 10.1. The number of hydrogen-bond acceptors (Lipinski definition) is 2. The summed E-state index contributed by atoms with van der Waals surface area (Å²) in [6, 6.07) is 11.4. The van der Waals surface area contributed by atoms with Crippen molar-refractivity contribution in [3.8, 4) is 5.75 Å². The molecule has 2 aromatic rings. The van der Waals surface area contributed by atoms with Crippen LogP contribution < -0.4 is 10.5 Å². The summed E-state index contributed by atoms with van der Waals surface area (Å²) in [5.74, 6) is 0.834. The second-order valence-electron chi connectivity index (χ2n) is 4.84. The highest BCUT2D eigenvalue weighted by Crippen LogP contribution is 2.25. The van der Waals surface area contributed by atoms with Crippen LogP contribution in [0.3, 0.4) is 0 Å². The molecule has 2 aromatic carbocycles. The van der Waals surface area contributed by atoms with Crippen LogP contribution in [0.25, 0.3) is 0 Å². The third kappa shape index (κ3) is 3.66. The Morgan fingerprint density at radius 2 is 1.90 bits per heavy atom. The molecule has 0 aliphatic rings. The molecule has 4 heteroatoms. The van der Waals surface area contributed by atoms with Crippen LogP contribution in [-0.2, 0) is 6.61 Å². The minimum absolute atomic E-state index is 0.0217. The van der Waals surface area contributed by atoms with Gasteiger partial charge in [-0.2, -0.15) is 0 Å². The van der Waals surface area contributed by atoms with Crippen LogP contribution in [0.4, 0.5) is 0 Å². The third-order valence-corrected chi connectivity index (χ3v) is 3.71. The topological polar surface area (TPSA) is 35.2 Å². The average Bonchev–Trinajstić information content (AvgIpc) is 2.38. The zero-order chi connectivity index (χ0) is 14.7. The van der Waals surface area contributed by atoms with Gasteiger partial charge in [0.25, 0.3) is 0 Å². The van der Waals surface area contributed by atoms with Gasteiger partial charge in [-0.15, -0.1) is 0 Å². The fourth-order valence-electron chi connectivity index (χ4n) is 1.91. The summed E-state index contributed by atoms with van der Waals surface area (Å²) < 4.78 is 5.81. The standard InChI is InChI=1S/C16H17Cl2NO/c1-10-7-12(11(2)19)4-6-16(10)20-9-13-3-5-14(17)8-15(13)18/h3-8,11H,9,19H2,1-2H3/t11-/m1/s1. The van der Waals surface area contributed by atoms with Crippen LogP contribution in [-0.4, -0.2) is 0 Å². The van der Waals surface area contributed by atoms with Crippen LogP contribution in [0.1, 0.15) is 29.7 Å². The van der Waals surface area contributed by atoms with Crippen LogP contribution in [0, 0.1) is 6.92 Å². The number of hydrogen-bond donors (Lipinski definition) is 1. The van der Waals surface area contributed by atoms with E-state index in [1.807, 2.05) is 38.1 Å². The van der Waals surface area contributed by atoms with Gasteiger partial charge in [-0.3, -0.25) is 0 Å². The Kier molecular flexibility index (Phi) is 4.92. The zero-order valence-corrected chi connectivity index (χ0v) is 13.0. The van der Waals surface area contributed by atoms with E-state index in [0.29, 0.717) is 16.7 Å². The quantitative estimate of drug-likeness (QED) is 0.871. The van der Waals surface area contributed by atoms with Gasteiger partial charge in [0, 0.05) is 21.7 Å². The van der Waals surface area contributed by atoms with E-state index < -0.39 is 0 Å². The maximum absolute atomic E-state index is 6.12. The van der Waals surface area contributed by atoms with E-state index in [2.05, 4.69) is 0 Å². The van der Waals surface area contributed by atoms with Gasteiger partial charge in [0.05, 0.1) is 0 Å². The molecule has 106 valence electrons. The van der Waals surface area contributed by atoms with Gasteiger partial charge in [0.2, 0.25) is 0 Å². The van der Waals surface area contributed by atoms with E-state index in [1.165, 1.54) is 0 Å². The summed E-state index contributed by atoms with van der Waals surface area (Å²) in [5.41, 5.74) is 8.93. The highest BCUT2D eigenvalue weighted by Gasteiger charge is 2.06. The summed E-state index contributed by atoms with van der Waals surface area (Å²) in [6.45, 7) is 4.38. The highest BCUT2D eigenvalue weighted by molar-refractivity contribution is 6.35. The van der Waals surface area contributed by atoms with Crippen molar-refractivity contribution < 1.29 is 4.74 Å². The predicted octanol–water partition coefficient (Wildman–Crippen LogP) is 4.90. The maximum atomic E-state index is 6.12. The normalized spacial score (nSPS) is 12.2. The van der Waals surface area contributed by atoms with Gasteiger partial charge in [-0.05, 0) is 43.2 Å². The zero-order valence-electron chi connectivity index (χ0n) is 11.5. The Morgan fingerprint density at radius 1 is 1.15 bits per heavy atom. The molecule has 1 atom stereocenters. The molecule has 2 rings (SSSR count). The smallest absolute Gasteiger partial charge is 0.122 e. The van der Waals surface area contributed by atoms with E-state index >= 15 is 0 Å². The molecule has 0 saturated heterocycles. The first-order valence-electron chi connectivity index (χ1n) is 6.40. The predicted molar refractivity (Wildman–Crippen MR) is 84.6 cm³/mol. The molecule has 0 saturated carbocycles. The van der Waals surface area contributed by atoms with Gasteiger partial charge in [0.15, 0.2) is 0 Å². The second-order valence-corrected chi connectivity index (χ2v) is 5.68. The van der Waals surface area contributed by atoms with Crippen LogP contribution in [0.2, 0.25) is 10.0 Å². The fourth-order valence-corrected chi connectivity index (χ4v) is 2.38. The van der Waals surface area contributed by atoms with E-state index in [1.54, 1.807) is 12.1 Å². The number of halogens is 2. The Hall–Kier alpha value is -1.22. The molecule has 2 nitrogen and oxygen atoms in total. The average molecular weight is 310 g/mol. The second kappa shape index (κ2) is 6.49. The molecule has 0 bridgehead atoms. The lowest BCUT2D eigenvalue weighted by Gasteiger charge is -2.13. The molecule has 2 N–H and O–H groups in total. The molecule has 0 spiro atoms. The van der Waals surface area contributed by atoms with Crippen LogP contribution >= 0.6 is 23.2 Å². The highest BCUT2D eigenvalue weighted by atomic mass is 35.5. The molecule has 0 unspecified atom stereocenters. The molecule has 0 aliphatic heterocycles. The van der Waals surface area contributed by atoms with E-state index in [4.69, 9.17) is 33.7 Å². The van der Waals surface area contributed by atoms with Crippen molar-refractivity contribution >= 4 is 23.2 Å². The van der Waals surface area contributed by atoms with Gasteiger partial charge < -0.3 is 10.5 Å². The van der Waals surface area contributed by atoms with Crippen molar-refractivity contribution in [1.82, 2.24) is 0 Å². The van der Waals surface area contributed by atoms with E-state index in [9.17, 15) is 0 Å². The maximum Gasteiger partial charge on any atom is 0.122 e. The Bertz CT molecular complexity index is 611. The fraction of sp³-hybridized carbons (Fsp3) is 0.250. The molecule has 0 aromatic heterocycles. The van der Waals surface area contributed by atoms with E-state index in [-0.39, 0.29) is 6.04 Å². The van der Waals surface area contributed by atoms with Gasteiger partial charge >= 0.3 is 0 Å². The van der Waals surface area contributed by atoms with Gasteiger partial charge in [-0.1, -0.05) is 41.4 Å². The summed E-state index contributed by atoms with van der Waals surface area (Å²) in [5, 5.41) is 1.23. The molecule has 0 amide bonds. The first kappa shape index (κ1) is 15.2. The summed E-state index contributed by atoms with van der Waals surface area (Å²) in [4.78, 5) is 0. The van der Waals surface area contributed by atoms with Crippen molar-refractivity contribution in [3.05, 3.63) is 63.1 Å². The van der Waals surface area contributed by atoms with Crippen molar-refractivity contribution in [1.29, 1.82) is 0 Å². The monoisotopic (exact) mass is 309 g/mol. The van der Waals surface area contributed by atoms with Crippen LogP contribution in [0.5, 0.6) is 5.75 Å². The van der Waals surface area contributed by atoms with Gasteiger partial charge in [-0.25, -0.2) is 0 Å². The molecule has 0 radical (unpaired) electrons. The largest absolute Gasteiger partial charge is 0.489 e. The van der Waals surface area contributed by atoms with Crippen molar-refractivity contribution in [2.45, 2.75) is 26.5 Å². The molecule has 0 fully saturated rings. The SMILES string of the molecule is Cc1cc([C@@H](C)N)ccc1OCc1ccc(Cl)cc1Cl. The minimum Gasteiger partial charge on any atom is -0.489 e. The molecule has 0 aliphatic carbocycles. The molecular formula is C16H17Cl2NO. The lowest BCUT2D eigenvalue weighted by Crippen LogP contribution is -2.05. The summed E-state index contributed by atoms with van der Waals surface area (Å²) >= 11 is 12.0. The van der Waals surface area contributed by atoms with Crippen molar-refractivity contribution in [2.24, 2.45) is 5.73 Å². The Morgan fingerprint density at radius 3 is 2.50 bits per heavy atom. The first-order valence-corrected chi connectivity index (χ1v) is 7.16.